The molecule has 0 aliphatic carbocycles. The second-order valence-corrected chi connectivity index (χ2v) is 6.84. The Bertz CT molecular complexity index is 250. The Morgan fingerprint density at radius 3 is 1.46 bits per heavy atom. The fourth-order valence-electron chi connectivity index (χ4n) is 2.96. The second-order valence-electron chi connectivity index (χ2n) is 6.84. The Hall–Kier alpha value is -0.280. The topological polar surface area (TPSA) is 55.1 Å². The zero-order valence-corrected chi connectivity index (χ0v) is 16.9. The van der Waals surface area contributed by atoms with Crippen LogP contribution in [-0.2, 0) is 4.79 Å². The van der Waals surface area contributed by atoms with Crippen LogP contribution in [0.15, 0.2) is 0 Å². The third kappa shape index (κ3) is 21.7. The quantitative estimate of drug-likeness (QED) is 0.305. The molecule has 3 nitrogen and oxygen atoms in total. The average Bonchev–Trinajstić information content (AvgIpc) is 2.56. The average molecular weight is 363 g/mol. The van der Waals surface area contributed by atoms with Gasteiger partial charge in [-0.2, -0.15) is 0 Å². The molecule has 0 aliphatic rings. The molecule has 24 heavy (non-hydrogen) atoms. The molecule has 0 aromatic rings. The molecule has 1 amide bonds. The molecular weight excluding hydrogens is 320 g/mol. The maximum atomic E-state index is 11.4. The van der Waals surface area contributed by atoms with E-state index in [1.807, 2.05) is 0 Å². The van der Waals surface area contributed by atoms with E-state index in [9.17, 15) is 4.79 Å². The summed E-state index contributed by atoms with van der Waals surface area (Å²) in [6.07, 6.45) is 21.1. The van der Waals surface area contributed by atoms with Crippen LogP contribution in [0.1, 0.15) is 110 Å². The number of nitrogens with one attached hydrogen (secondary N) is 1. The van der Waals surface area contributed by atoms with Gasteiger partial charge in [0.1, 0.15) is 0 Å². The van der Waals surface area contributed by atoms with Gasteiger partial charge in [-0.15, -0.1) is 12.4 Å². The van der Waals surface area contributed by atoms with Gasteiger partial charge in [-0.25, -0.2) is 0 Å². The number of carbonyl (C=O) groups is 1. The van der Waals surface area contributed by atoms with Crippen LogP contribution < -0.4 is 11.1 Å². The van der Waals surface area contributed by atoms with Crippen molar-refractivity contribution < 1.29 is 4.79 Å². The monoisotopic (exact) mass is 362 g/mol. The molecular formula is C20H43ClN2O. The number of unbranched alkanes of at least 4 members (excludes halogenated alkanes) is 14. The van der Waals surface area contributed by atoms with Gasteiger partial charge in [0, 0.05) is 19.5 Å². The summed E-state index contributed by atoms with van der Waals surface area (Å²) in [5, 5.41) is 2.82. The molecule has 0 fully saturated rings. The predicted octanol–water partition coefficient (Wildman–Crippen LogP) is 5.74. The lowest BCUT2D eigenvalue weighted by Gasteiger charge is -2.04. The molecule has 0 atom stereocenters. The van der Waals surface area contributed by atoms with Crippen molar-refractivity contribution in [3.05, 3.63) is 0 Å². The number of amides is 1. The molecule has 146 valence electrons. The Morgan fingerprint density at radius 2 is 1.08 bits per heavy atom. The largest absolute Gasteiger partial charge is 0.355 e. The molecule has 0 saturated carbocycles. The Kier molecular flexibility index (Phi) is 24.6. The maximum Gasteiger partial charge on any atom is 0.220 e. The Labute approximate surface area is 157 Å². The van der Waals surface area contributed by atoms with Crippen LogP contribution in [0.3, 0.4) is 0 Å². The molecule has 0 saturated heterocycles. The van der Waals surface area contributed by atoms with E-state index in [2.05, 4.69) is 12.2 Å². The van der Waals surface area contributed by atoms with Crippen LogP contribution in [0.25, 0.3) is 0 Å². The van der Waals surface area contributed by atoms with Gasteiger partial charge in [0.25, 0.3) is 0 Å². The summed E-state index contributed by atoms with van der Waals surface area (Å²) in [6, 6.07) is 0. The maximum absolute atomic E-state index is 11.4. The molecule has 0 radical (unpaired) electrons. The third-order valence-electron chi connectivity index (χ3n) is 4.47. The number of carbonyl (C=O) groups excluding carboxylic acids is 1. The third-order valence-corrected chi connectivity index (χ3v) is 4.47. The fourth-order valence-corrected chi connectivity index (χ4v) is 2.96. The van der Waals surface area contributed by atoms with Gasteiger partial charge in [-0.3, -0.25) is 4.79 Å². The molecule has 0 spiro atoms. The lowest BCUT2D eigenvalue weighted by atomic mass is 10.0. The van der Waals surface area contributed by atoms with Crippen LogP contribution in [0.4, 0.5) is 0 Å². The molecule has 0 rings (SSSR count). The summed E-state index contributed by atoms with van der Waals surface area (Å²) < 4.78 is 0. The van der Waals surface area contributed by atoms with Crippen LogP contribution in [-0.4, -0.2) is 19.0 Å². The van der Waals surface area contributed by atoms with Gasteiger partial charge >= 0.3 is 0 Å². The van der Waals surface area contributed by atoms with Crippen LogP contribution in [0.5, 0.6) is 0 Å². The second kappa shape index (κ2) is 22.7. The molecule has 4 heteroatoms. The molecule has 0 bridgehead atoms. The fraction of sp³-hybridized carbons (Fsp3) is 0.950. The van der Waals surface area contributed by atoms with E-state index in [0.29, 0.717) is 19.5 Å². The van der Waals surface area contributed by atoms with Gasteiger partial charge < -0.3 is 11.1 Å². The molecule has 0 aromatic heterocycles. The molecule has 0 aromatic carbocycles. The van der Waals surface area contributed by atoms with Crippen molar-refractivity contribution in [2.75, 3.05) is 13.1 Å². The van der Waals surface area contributed by atoms with E-state index in [1.54, 1.807) is 0 Å². The minimum atomic E-state index is 0. The summed E-state index contributed by atoms with van der Waals surface area (Å²) in [5.41, 5.74) is 5.35. The van der Waals surface area contributed by atoms with E-state index < -0.39 is 0 Å². The Balaban J connectivity index is 0. The SMILES string of the molecule is CCCCCCCCCCCCCCCCCC(=O)NCCN.Cl. The molecule has 3 N–H and O–H groups in total. The summed E-state index contributed by atoms with van der Waals surface area (Å²) >= 11 is 0. The first kappa shape index (κ1) is 26.0. The van der Waals surface area contributed by atoms with Crippen LogP contribution in [0, 0.1) is 0 Å². The summed E-state index contributed by atoms with van der Waals surface area (Å²) in [6.45, 7) is 3.42. The van der Waals surface area contributed by atoms with E-state index in [1.165, 1.54) is 89.9 Å². The summed E-state index contributed by atoms with van der Waals surface area (Å²) in [4.78, 5) is 11.4. The van der Waals surface area contributed by atoms with E-state index in [0.717, 1.165) is 6.42 Å². The summed E-state index contributed by atoms with van der Waals surface area (Å²) in [7, 11) is 0. The van der Waals surface area contributed by atoms with Gasteiger partial charge in [-0.1, -0.05) is 96.8 Å². The first-order valence-corrected chi connectivity index (χ1v) is 10.3. The zero-order chi connectivity index (χ0) is 17.0. The van der Waals surface area contributed by atoms with Gasteiger partial charge in [0.05, 0.1) is 0 Å². The lowest BCUT2D eigenvalue weighted by molar-refractivity contribution is -0.121. The highest BCUT2D eigenvalue weighted by molar-refractivity contribution is 5.85. The van der Waals surface area contributed by atoms with Crippen molar-refractivity contribution in [1.29, 1.82) is 0 Å². The number of hydrogen-bond acceptors (Lipinski definition) is 2. The zero-order valence-electron chi connectivity index (χ0n) is 16.1. The van der Waals surface area contributed by atoms with E-state index >= 15 is 0 Å². The van der Waals surface area contributed by atoms with Gasteiger partial charge in [0.2, 0.25) is 5.91 Å². The predicted molar refractivity (Wildman–Crippen MR) is 109 cm³/mol. The number of halogens is 1. The first-order chi connectivity index (χ1) is 11.3. The van der Waals surface area contributed by atoms with Crippen molar-refractivity contribution in [2.45, 2.75) is 110 Å². The van der Waals surface area contributed by atoms with Crippen molar-refractivity contribution >= 4 is 18.3 Å². The number of nitrogens with two attached hydrogens (primary N) is 1. The minimum absolute atomic E-state index is 0. The highest BCUT2D eigenvalue weighted by Crippen LogP contribution is 2.13. The molecule has 0 aliphatic heterocycles. The van der Waals surface area contributed by atoms with Gasteiger partial charge in [-0.05, 0) is 6.42 Å². The van der Waals surface area contributed by atoms with Crippen molar-refractivity contribution in [3.63, 3.8) is 0 Å². The molecule has 0 heterocycles. The molecule has 0 unspecified atom stereocenters. The van der Waals surface area contributed by atoms with Crippen molar-refractivity contribution in [3.8, 4) is 0 Å². The first-order valence-electron chi connectivity index (χ1n) is 10.3. The number of hydrogen-bond donors (Lipinski definition) is 2. The highest BCUT2D eigenvalue weighted by Gasteiger charge is 1.99. The van der Waals surface area contributed by atoms with Gasteiger partial charge in [0.15, 0.2) is 0 Å². The van der Waals surface area contributed by atoms with Crippen LogP contribution >= 0.6 is 12.4 Å². The Morgan fingerprint density at radius 1 is 0.708 bits per heavy atom. The highest BCUT2D eigenvalue weighted by atomic mass is 35.5. The smallest absolute Gasteiger partial charge is 0.220 e. The van der Waals surface area contributed by atoms with E-state index in [4.69, 9.17) is 5.73 Å². The van der Waals surface area contributed by atoms with Crippen molar-refractivity contribution in [2.24, 2.45) is 5.73 Å². The van der Waals surface area contributed by atoms with E-state index in [-0.39, 0.29) is 18.3 Å². The minimum Gasteiger partial charge on any atom is -0.355 e. The summed E-state index contributed by atoms with van der Waals surface area (Å²) in [5.74, 6) is 0.158. The standard InChI is InChI=1S/C20H42N2O.ClH/c1-2-3-4-5-6-7-8-9-10-11-12-13-14-15-16-17-20(23)22-19-18-21;/h2-19,21H2,1H3,(H,22,23);1H. The number of rotatable bonds is 18. The van der Waals surface area contributed by atoms with Crippen molar-refractivity contribution in [1.82, 2.24) is 5.32 Å². The normalized spacial score (nSPS) is 10.4. The van der Waals surface area contributed by atoms with Crippen LogP contribution in [0.2, 0.25) is 0 Å². The lowest BCUT2D eigenvalue weighted by Crippen LogP contribution is -2.28.